The zero-order valence-electron chi connectivity index (χ0n) is 17.4. The van der Waals surface area contributed by atoms with Crippen LogP contribution in [0, 0.1) is 6.92 Å². The molecule has 0 bridgehead atoms. The summed E-state index contributed by atoms with van der Waals surface area (Å²) in [5.41, 5.74) is 1.43. The lowest BCUT2D eigenvalue weighted by Gasteiger charge is -2.13. The highest BCUT2D eigenvalue weighted by atomic mass is 35.5. The number of aryl methyl sites for hydroxylation is 1. The number of rotatable bonds is 8. The third-order valence-corrected chi connectivity index (χ3v) is 6.96. The van der Waals surface area contributed by atoms with Gasteiger partial charge in [0.1, 0.15) is 11.6 Å². The Hall–Kier alpha value is -2.76. The van der Waals surface area contributed by atoms with E-state index < -0.39 is 28.0 Å². The lowest BCUT2D eigenvalue weighted by molar-refractivity contribution is -0.117. The van der Waals surface area contributed by atoms with Gasteiger partial charge in [0.2, 0.25) is 15.9 Å². The average Bonchev–Trinajstić information content (AvgIpc) is 2.79. The summed E-state index contributed by atoms with van der Waals surface area (Å²) < 4.78 is 29.1. The number of aromatic nitrogens is 2. The second-order valence-electron chi connectivity index (χ2n) is 7.10. The summed E-state index contributed by atoms with van der Waals surface area (Å²) in [5, 5.41) is 15.1. The molecule has 1 aromatic heterocycles. The fourth-order valence-electron chi connectivity index (χ4n) is 2.88. The van der Waals surface area contributed by atoms with Gasteiger partial charge in [-0.25, -0.2) is 17.8 Å². The number of sulfonamides is 1. The van der Waals surface area contributed by atoms with E-state index in [1.807, 2.05) is 0 Å². The van der Waals surface area contributed by atoms with Crippen LogP contribution in [0.15, 0.2) is 58.4 Å². The number of aliphatic hydroxyl groups is 1. The van der Waals surface area contributed by atoms with Crippen LogP contribution in [0.2, 0.25) is 10.0 Å². The number of amides is 1. The summed E-state index contributed by atoms with van der Waals surface area (Å²) >= 11 is 11.5. The molecule has 12 heteroatoms. The van der Waals surface area contributed by atoms with Gasteiger partial charge < -0.3 is 10.4 Å². The van der Waals surface area contributed by atoms with Gasteiger partial charge in [-0.15, -0.1) is 0 Å². The lowest BCUT2D eigenvalue weighted by atomic mass is 10.1. The van der Waals surface area contributed by atoms with Gasteiger partial charge in [-0.2, -0.15) is 5.10 Å². The first kappa shape index (κ1) is 24.9. The Morgan fingerprint density at radius 3 is 2.45 bits per heavy atom. The zero-order valence-corrected chi connectivity index (χ0v) is 19.7. The Balaban J connectivity index is 1.73. The van der Waals surface area contributed by atoms with E-state index in [2.05, 4.69) is 15.1 Å². The van der Waals surface area contributed by atoms with Gasteiger partial charge in [-0.3, -0.25) is 9.59 Å². The summed E-state index contributed by atoms with van der Waals surface area (Å²) in [6.07, 6.45) is 1.15. The van der Waals surface area contributed by atoms with Crippen molar-refractivity contribution in [3.05, 3.63) is 85.8 Å². The summed E-state index contributed by atoms with van der Waals surface area (Å²) in [6, 6.07) is 11.3. The molecule has 0 atom stereocenters. The van der Waals surface area contributed by atoms with E-state index in [4.69, 9.17) is 28.3 Å². The third kappa shape index (κ3) is 6.18. The van der Waals surface area contributed by atoms with Gasteiger partial charge >= 0.3 is 0 Å². The molecule has 33 heavy (non-hydrogen) atoms. The van der Waals surface area contributed by atoms with Crippen molar-refractivity contribution >= 4 is 44.8 Å². The minimum Gasteiger partial charge on any atom is -0.392 e. The third-order valence-electron chi connectivity index (χ3n) is 4.67. The highest BCUT2D eigenvalue weighted by Crippen LogP contribution is 2.21. The number of hydrogen-bond acceptors (Lipinski definition) is 6. The van der Waals surface area contributed by atoms with Crippen molar-refractivity contribution < 1.29 is 18.3 Å². The highest BCUT2D eigenvalue weighted by Gasteiger charge is 2.18. The number of nitrogens with one attached hydrogen (secondary N) is 2. The van der Waals surface area contributed by atoms with Crippen LogP contribution in [-0.4, -0.2) is 29.2 Å². The van der Waals surface area contributed by atoms with Gasteiger partial charge in [0, 0.05) is 12.2 Å². The number of halogens is 2. The van der Waals surface area contributed by atoms with E-state index in [1.165, 1.54) is 6.07 Å². The van der Waals surface area contributed by atoms with E-state index in [0.717, 1.165) is 22.0 Å². The van der Waals surface area contributed by atoms with Crippen LogP contribution in [0.1, 0.15) is 16.7 Å². The molecule has 1 heterocycles. The number of aliphatic hydroxyl groups excluding tert-OH is 1. The summed E-state index contributed by atoms with van der Waals surface area (Å²) in [5.74, 6) is -0.605. The van der Waals surface area contributed by atoms with Crippen molar-refractivity contribution in [1.82, 2.24) is 14.5 Å². The second kappa shape index (κ2) is 10.4. The van der Waals surface area contributed by atoms with Crippen molar-refractivity contribution in [2.24, 2.45) is 0 Å². The van der Waals surface area contributed by atoms with Crippen LogP contribution in [0.4, 0.5) is 5.69 Å². The van der Waals surface area contributed by atoms with Gasteiger partial charge in [-0.1, -0.05) is 53.5 Å². The number of benzene rings is 2. The molecule has 3 rings (SSSR count). The number of nitrogens with zero attached hydrogens (tertiary/aromatic N) is 2. The minimum absolute atomic E-state index is 0.00268. The Morgan fingerprint density at radius 2 is 1.79 bits per heavy atom. The molecule has 1 amide bonds. The first-order chi connectivity index (χ1) is 15.6. The van der Waals surface area contributed by atoms with Crippen LogP contribution in [0.5, 0.6) is 0 Å². The molecule has 0 saturated heterocycles. The van der Waals surface area contributed by atoms with Crippen LogP contribution >= 0.6 is 23.2 Å². The van der Waals surface area contributed by atoms with Crippen LogP contribution in [0.3, 0.4) is 0 Å². The van der Waals surface area contributed by atoms with E-state index in [9.17, 15) is 18.0 Å². The molecule has 174 valence electrons. The van der Waals surface area contributed by atoms with E-state index >= 15 is 0 Å². The molecule has 0 saturated carbocycles. The minimum atomic E-state index is -3.89. The van der Waals surface area contributed by atoms with Gasteiger partial charge in [0.25, 0.3) is 5.56 Å². The summed E-state index contributed by atoms with van der Waals surface area (Å²) in [4.78, 5) is 24.4. The molecule has 0 aliphatic carbocycles. The van der Waals surface area contributed by atoms with Gasteiger partial charge in [-0.05, 0) is 35.7 Å². The summed E-state index contributed by atoms with van der Waals surface area (Å²) in [7, 11) is -3.89. The smallest absolute Gasteiger partial charge is 0.287 e. The predicted molar refractivity (Wildman–Crippen MR) is 125 cm³/mol. The maximum Gasteiger partial charge on any atom is 0.287 e. The maximum atomic E-state index is 12.8. The SMILES string of the molecule is Cc1ccc(NC(=O)Cn2ncc(Cl)c(Cl)c2=O)cc1S(=O)(=O)NCc1ccc(CO)cc1. The van der Waals surface area contributed by atoms with Crippen LogP contribution < -0.4 is 15.6 Å². The molecule has 9 nitrogen and oxygen atoms in total. The molecule has 0 aliphatic rings. The number of hydrogen-bond donors (Lipinski definition) is 3. The molecule has 0 spiro atoms. The van der Waals surface area contributed by atoms with Crippen molar-refractivity contribution in [3.63, 3.8) is 0 Å². The molecule has 2 aromatic carbocycles. The van der Waals surface area contributed by atoms with Gasteiger partial charge in [0.05, 0.1) is 22.7 Å². The Kier molecular flexibility index (Phi) is 7.88. The highest BCUT2D eigenvalue weighted by molar-refractivity contribution is 7.89. The zero-order chi connectivity index (χ0) is 24.2. The largest absolute Gasteiger partial charge is 0.392 e. The number of carbonyl (C=O) groups excluding carboxylic acids is 1. The molecule has 0 aliphatic heterocycles. The standard InChI is InChI=1S/C21H20Cl2N4O5S/c1-13-2-7-16(26-19(29)11-27-21(30)20(23)17(22)10-24-27)8-18(13)33(31,32)25-9-14-3-5-15(12-28)6-4-14/h2-8,10,25,28H,9,11-12H2,1H3,(H,26,29). The van der Waals surface area contributed by atoms with E-state index in [0.29, 0.717) is 5.56 Å². The average molecular weight is 511 g/mol. The van der Waals surface area contributed by atoms with Crippen molar-refractivity contribution in [2.45, 2.75) is 31.5 Å². The molecule has 3 aromatic rings. The normalized spacial score (nSPS) is 11.4. The van der Waals surface area contributed by atoms with E-state index in [-0.39, 0.29) is 33.8 Å². The topological polar surface area (TPSA) is 130 Å². The van der Waals surface area contributed by atoms with Crippen LogP contribution in [-0.2, 0) is 34.5 Å². The molecular weight excluding hydrogens is 491 g/mol. The Bertz CT molecular complexity index is 1340. The van der Waals surface area contributed by atoms with Crippen molar-refractivity contribution in [1.29, 1.82) is 0 Å². The first-order valence-corrected chi connectivity index (χ1v) is 11.8. The van der Waals surface area contributed by atoms with E-state index in [1.54, 1.807) is 43.3 Å². The lowest BCUT2D eigenvalue weighted by Crippen LogP contribution is -2.30. The molecule has 3 N–H and O–H groups in total. The van der Waals surface area contributed by atoms with Crippen molar-refractivity contribution in [2.75, 3.05) is 5.32 Å². The van der Waals surface area contributed by atoms with Crippen LogP contribution in [0.25, 0.3) is 0 Å². The fraction of sp³-hybridized carbons (Fsp3) is 0.190. The molecule has 0 radical (unpaired) electrons. The predicted octanol–water partition coefficient (Wildman–Crippen LogP) is 2.47. The number of anilines is 1. The second-order valence-corrected chi connectivity index (χ2v) is 9.62. The Morgan fingerprint density at radius 1 is 1.12 bits per heavy atom. The Labute approximate surface area is 200 Å². The summed E-state index contributed by atoms with van der Waals surface area (Å²) in [6.45, 7) is 1.15. The number of carbonyl (C=O) groups is 1. The maximum absolute atomic E-state index is 12.8. The van der Waals surface area contributed by atoms with Gasteiger partial charge in [0.15, 0.2) is 0 Å². The monoisotopic (exact) mass is 510 g/mol. The molecule has 0 fully saturated rings. The van der Waals surface area contributed by atoms with Crippen molar-refractivity contribution in [3.8, 4) is 0 Å². The molecular formula is C21H20Cl2N4O5S. The first-order valence-electron chi connectivity index (χ1n) is 9.60. The fourth-order valence-corrected chi connectivity index (χ4v) is 4.44. The molecule has 0 unspecified atom stereocenters. The quantitative estimate of drug-likeness (QED) is 0.426.